The van der Waals surface area contributed by atoms with E-state index in [1.165, 1.54) is 0 Å². The van der Waals surface area contributed by atoms with Crippen molar-refractivity contribution >= 4 is 71.6 Å². The molecule has 0 heterocycles. The molecule has 0 unspecified atom stereocenters. The zero-order valence-electron chi connectivity index (χ0n) is 35.6. The number of nitrogens with zero attached hydrogens (tertiary/aromatic N) is 6. The van der Waals surface area contributed by atoms with Crippen LogP contribution in [0.5, 0.6) is 0 Å². The Kier molecular flexibility index (Phi) is 65.0. The van der Waals surface area contributed by atoms with E-state index in [1.54, 1.807) is 0 Å². The van der Waals surface area contributed by atoms with E-state index in [4.69, 9.17) is 0 Å². The zero-order valence-corrected chi connectivity index (χ0v) is 41.0. The topological polar surface area (TPSA) is 564 Å². The molecule has 380 valence electrons. The molecule has 0 aromatic heterocycles. The maximum absolute atomic E-state index is 10.4. The summed E-state index contributed by atoms with van der Waals surface area (Å²) in [5.74, 6) is -18.4. The van der Waals surface area contributed by atoms with Gasteiger partial charge in [0.2, 0.25) is 0 Å². The monoisotopic (exact) mass is 1150 g/mol. The molecule has 0 fully saturated rings. The van der Waals surface area contributed by atoms with E-state index in [-0.39, 0.29) is 149 Å². The summed E-state index contributed by atoms with van der Waals surface area (Å²) in [5, 5.41) is 125. The molecule has 37 heteroatoms. The van der Waals surface area contributed by atoms with Crippen LogP contribution in [-0.4, -0.2) is 230 Å². The maximum atomic E-state index is 10.4. The molecule has 4 radical (unpaired) electrons. The molecule has 0 aromatic rings. The Morgan fingerprint density at radius 1 is 0.224 bits per heavy atom. The van der Waals surface area contributed by atoms with Crippen molar-refractivity contribution in [1.29, 1.82) is 0 Å². The van der Waals surface area contributed by atoms with E-state index >= 15 is 0 Å². The average molecular weight is 1150 g/mol. The standard InChI is InChI=1S/3C10H16N2O8.4Fe.Na.2H2O.H/c3*13-7(14)3-11(4-8(15)16)1-2-12(5-9(17)18)6-10(19)20;;;;;;;;/h3*1-6H2,(H,13,14)(H,15,16)(H,17,18)(H,19,20);;;;;;2*1H2;/q;;;4*+3;+1;;;-1/p-12. The van der Waals surface area contributed by atoms with Crippen LogP contribution in [0.25, 0.3) is 0 Å². The Morgan fingerprint density at radius 2 is 0.284 bits per heavy atom. The van der Waals surface area contributed by atoms with Gasteiger partial charge in [-0.15, -0.1) is 0 Å². The fraction of sp³-hybridized carbons (Fsp3) is 0.600. The summed E-state index contributed by atoms with van der Waals surface area (Å²) in [6.45, 7) is -9.75. The van der Waals surface area contributed by atoms with Crippen LogP contribution >= 0.6 is 0 Å². The summed E-state index contributed by atoms with van der Waals surface area (Å²) in [6, 6.07) is 0. The normalized spacial score (nSPS) is 9.58. The molecule has 0 saturated carbocycles. The minimum Gasteiger partial charge on any atom is -1.00 e. The summed E-state index contributed by atoms with van der Waals surface area (Å²) in [5.41, 5.74) is 0. The summed E-state index contributed by atoms with van der Waals surface area (Å²) < 4.78 is 0. The smallest absolute Gasteiger partial charge is 1.00 e. The number of carboxylic acids is 12. The number of rotatable bonds is 33. The van der Waals surface area contributed by atoms with Crippen LogP contribution in [0.2, 0.25) is 0 Å². The van der Waals surface area contributed by atoms with Crippen molar-refractivity contribution in [2.24, 2.45) is 0 Å². The van der Waals surface area contributed by atoms with Crippen molar-refractivity contribution < 1.29 is 229 Å². The van der Waals surface area contributed by atoms with Crippen molar-refractivity contribution in [2.75, 3.05) is 118 Å². The minimum atomic E-state index is -1.53. The molecule has 0 aliphatic rings. The van der Waals surface area contributed by atoms with Gasteiger partial charge in [-0.1, -0.05) is 0 Å². The Labute approximate surface area is 445 Å². The number of hydrogen-bond donors (Lipinski definition) is 0. The largest absolute Gasteiger partial charge is 3.00 e. The Morgan fingerprint density at radius 3 is 0.328 bits per heavy atom. The summed E-state index contributed by atoms with van der Waals surface area (Å²) in [7, 11) is 0. The SMILES string of the molecule is O.O.O=C([O-])CN(CCN(CC(=O)[O-])CC(=O)[O-])CC(=O)[O-].O=C([O-])CN(CCN(CC(=O)[O-])CC(=O)[O-])CC(=O)[O-].O=C([O-])CN(CCN(CC(=O)[O-])CC(=O)[O-])CC(=O)[O-].[Fe+3].[Fe+3].[Fe+3].[Fe+3].[H-].[Na+]. The van der Waals surface area contributed by atoms with E-state index in [0.29, 0.717) is 0 Å². The van der Waals surface area contributed by atoms with Crippen LogP contribution in [0.15, 0.2) is 0 Å². The second kappa shape index (κ2) is 50.3. The van der Waals surface area contributed by atoms with Crippen LogP contribution in [0.4, 0.5) is 0 Å². The van der Waals surface area contributed by atoms with Crippen molar-refractivity contribution in [3.8, 4) is 0 Å². The Hall–Kier alpha value is -3.60. The third-order valence-electron chi connectivity index (χ3n) is 6.43. The summed E-state index contributed by atoms with van der Waals surface area (Å²) in [6.07, 6.45) is 0. The third-order valence-corrected chi connectivity index (χ3v) is 6.43. The first-order valence-corrected chi connectivity index (χ1v) is 16.3. The molecule has 67 heavy (non-hydrogen) atoms. The van der Waals surface area contributed by atoms with Gasteiger partial charge in [0, 0.05) is 118 Å². The number of carbonyl (C=O) groups is 12. The van der Waals surface area contributed by atoms with E-state index < -0.39 is 150 Å². The molecule has 4 N–H and O–H groups in total. The third kappa shape index (κ3) is 64.5. The van der Waals surface area contributed by atoms with Crippen LogP contribution in [0.3, 0.4) is 0 Å². The Bertz CT molecular complexity index is 1160. The predicted octanol–water partition coefficient (Wildman–Crippen LogP) is -26.8. The van der Waals surface area contributed by atoms with Crippen LogP contribution in [0.1, 0.15) is 1.43 Å². The molecule has 0 amide bonds. The van der Waals surface area contributed by atoms with E-state index in [0.717, 1.165) is 29.4 Å². The van der Waals surface area contributed by atoms with Gasteiger partial charge < -0.3 is 131 Å². The van der Waals surface area contributed by atoms with E-state index in [1.807, 2.05) is 0 Å². The molecule has 0 spiro atoms. The molecule has 32 nitrogen and oxygen atoms in total. The van der Waals surface area contributed by atoms with Gasteiger partial charge in [0.1, 0.15) is 0 Å². The van der Waals surface area contributed by atoms with Crippen molar-refractivity contribution in [3.63, 3.8) is 0 Å². The van der Waals surface area contributed by atoms with Crippen molar-refractivity contribution in [3.05, 3.63) is 0 Å². The summed E-state index contributed by atoms with van der Waals surface area (Å²) in [4.78, 5) is 130. The molecule has 0 aliphatic heterocycles. The number of carbonyl (C=O) groups excluding carboxylic acids is 12. The number of carboxylic acid groups (broad SMARTS) is 12. The van der Waals surface area contributed by atoms with Gasteiger partial charge in [0.25, 0.3) is 0 Å². The number of hydrogen-bond acceptors (Lipinski definition) is 30. The molecule has 0 atom stereocenters. The van der Waals surface area contributed by atoms with Crippen LogP contribution in [0, 0.1) is 0 Å². The summed E-state index contributed by atoms with van der Waals surface area (Å²) >= 11 is 0. The molecule has 0 aliphatic carbocycles. The van der Waals surface area contributed by atoms with Gasteiger partial charge in [-0.2, -0.15) is 0 Å². The van der Waals surface area contributed by atoms with Gasteiger partial charge in [0.05, 0.1) is 71.6 Å². The van der Waals surface area contributed by atoms with Crippen molar-refractivity contribution in [1.82, 2.24) is 29.4 Å². The van der Waals surface area contributed by atoms with E-state index in [9.17, 15) is 119 Å². The van der Waals surface area contributed by atoms with Gasteiger partial charge >= 0.3 is 97.8 Å². The first-order chi connectivity index (χ1) is 27.6. The second-order valence-corrected chi connectivity index (χ2v) is 11.7. The molecular formula is C30H41Fe4N6NaO26. The van der Waals surface area contributed by atoms with Crippen LogP contribution in [-0.2, 0) is 126 Å². The van der Waals surface area contributed by atoms with Gasteiger partial charge in [-0.25, -0.2) is 0 Å². The fourth-order valence-electron chi connectivity index (χ4n) is 4.32. The first-order valence-electron chi connectivity index (χ1n) is 16.3. The minimum absolute atomic E-state index is 0. The predicted molar refractivity (Wildman–Crippen MR) is 167 cm³/mol. The zero-order chi connectivity index (χ0) is 47.1. The Balaban J connectivity index is -0.0000000752. The number of aliphatic carboxylic acids is 12. The van der Waals surface area contributed by atoms with Crippen molar-refractivity contribution in [2.45, 2.75) is 0 Å². The molecular weight excluding hydrogens is 1110 g/mol. The van der Waals surface area contributed by atoms with Gasteiger partial charge in [-0.3, -0.25) is 29.4 Å². The van der Waals surface area contributed by atoms with Gasteiger partial charge in [-0.05, 0) is 0 Å². The van der Waals surface area contributed by atoms with Gasteiger partial charge in [0.15, 0.2) is 0 Å². The fourth-order valence-corrected chi connectivity index (χ4v) is 4.32. The molecule has 0 rings (SSSR count). The average Bonchev–Trinajstić information content (AvgIpc) is 3.02. The molecule has 0 saturated heterocycles. The first kappa shape index (κ1) is 86.6. The second-order valence-electron chi connectivity index (χ2n) is 11.7. The van der Waals surface area contributed by atoms with E-state index in [2.05, 4.69) is 0 Å². The maximum Gasteiger partial charge on any atom is 3.00 e. The quantitative estimate of drug-likeness (QED) is 0.0551. The molecule has 0 bridgehead atoms. The molecule has 0 aromatic carbocycles. The van der Waals surface area contributed by atoms with Crippen LogP contribution < -0.4 is 90.8 Å².